The quantitative estimate of drug-likeness (QED) is 0.615. The first-order valence-electron chi connectivity index (χ1n) is 7.76. The highest BCUT2D eigenvalue weighted by atomic mass is 16.2. The number of carbonyl (C=O) groups is 3. The van der Waals surface area contributed by atoms with Crippen LogP contribution in [-0.4, -0.2) is 30.8 Å². The molecule has 0 aliphatic carbocycles. The summed E-state index contributed by atoms with van der Waals surface area (Å²) in [6.45, 7) is 1.00. The van der Waals surface area contributed by atoms with Crippen LogP contribution in [0.2, 0.25) is 0 Å². The molecule has 0 aliphatic rings. The number of amides is 3. The first kappa shape index (κ1) is 18.0. The molecule has 0 spiro atoms. The smallest absolute Gasteiger partial charge is 0.243 e. The summed E-state index contributed by atoms with van der Waals surface area (Å²) >= 11 is 0. The van der Waals surface area contributed by atoms with Crippen molar-refractivity contribution in [3.63, 3.8) is 0 Å². The largest absolute Gasteiger partial charge is 0.356 e. The van der Waals surface area contributed by atoms with Gasteiger partial charge in [0.2, 0.25) is 17.7 Å². The van der Waals surface area contributed by atoms with Crippen LogP contribution in [0.15, 0.2) is 54.6 Å². The van der Waals surface area contributed by atoms with Crippen molar-refractivity contribution in [1.29, 1.82) is 0 Å². The highest BCUT2D eigenvalue weighted by Crippen LogP contribution is 2.18. The van der Waals surface area contributed by atoms with Crippen LogP contribution in [0.1, 0.15) is 6.92 Å². The van der Waals surface area contributed by atoms with Gasteiger partial charge < -0.3 is 21.3 Å². The fourth-order valence-electron chi connectivity index (χ4n) is 1.98. The van der Waals surface area contributed by atoms with Gasteiger partial charge in [-0.25, -0.2) is 0 Å². The maximum Gasteiger partial charge on any atom is 0.243 e. The van der Waals surface area contributed by atoms with Gasteiger partial charge in [-0.2, -0.15) is 0 Å². The van der Waals surface area contributed by atoms with Crippen molar-refractivity contribution in [2.75, 3.05) is 23.7 Å². The summed E-state index contributed by atoms with van der Waals surface area (Å²) in [5.74, 6) is -1.07. The van der Waals surface area contributed by atoms with Gasteiger partial charge in [0.25, 0.3) is 0 Å². The number of hydrogen-bond donors (Lipinski definition) is 4. The summed E-state index contributed by atoms with van der Waals surface area (Å²) in [7, 11) is 0. The molecule has 130 valence electrons. The third-order valence-corrected chi connectivity index (χ3v) is 3.18. The third-order valence-electron chi connectivity index (χ3n) is 3.18. The molecule has 2 aromatic carbocycles. The van der Waals surface area contributed by atoms with Crippen molar-refractivity contribution in [2.24, 2.45) is 0 Å². The first-order valence-corrected chi connectivity index (χ1v) is 7.76. The Labute approximate surface area is 145 Å². The van der Waals surface area contributed by atoms with Gasteiger partial charge in [-0.1, -0.05) is 18.2 Å². The summed E-state index contributed by atoms with van der Waals surface area (Å²) in [5.41, 5.74) is 2.49. The number of anilines is 3. The van der Waals surface area contributed by atoms with Gasteiger partial charge in [0.15, 0.2) is 0 Å². The summed E-state index contributed by atoms with van der Waals surface area (Å²) in [4.78, 5) is 33.9. The zero-order valence-electron chi connectivity index (χ0n) is 13.8. The van der Waals surface area contributed by atoms with E-state index in [4.69, 9.17) is 0 Å². The van der Waals surface area contributed by atoms with E-state index in [9.17, 15) is 14.4 Å². The van der Waals surface area contributed by atoms with Crippen molar-refractivity contribution in [3.05, 3.63) is 54.6 Å². The second kappa shape index (κ2) is 9.07. The van der Waals surface area contributed by atoms with Gasteiger partial charge in [0.1, 0.15) is 0 Å². The summed E-state index contributed by atoms with van der Waals surface area (Å²) in [6.07, 6.45) is 0. The Morgan fingerprint density at radius 3 is 1.92 bits per heavy atom. The number of benzene rings is 2. The number of carbonyl (C=O) groups excluding carboxylic acids is 3. The van der Waals surface area contributed by atoms with Crippen LogP contribution in [0.5, 0.6) is 0 Å². The molecular formula is C18H20N4O3. The lowest BCUT2D eigenvalue weighted by Crippen LogP contribution is -2.39. The molecular weight excluding hydrogens is 320 g/mol. The van der Waals surface area contributed by atoms with E-state index in [0.29, 0.717) is 5.69 Å². The Bertz CT molecular complexity index is 730. The van der Waals surface area contributed by atoms with E-state index in [-0.39, 0.29) is 24.9 Å². The fraction of sp³-hybridized carbons (Fsp3) is 0.167. The topological polar surface area (TPSA) is 99.3 Å². The predicted molar refractivity (Wildman–Crippen MR) is 96.5 cm³/mol. The minimum absolute atomic E-state index is 0.150. The Morgan fingerprint density at radius 2 is 1.28 bits per heavy atom. The van der Waals surface area contributed by atoms with Crippen molar-refractivity contribution in [1.82, 2.24) is 10.6 Å². The second-order valence-corrected chi connectivity index (χ2v) is 5.30. The number of hydrogen-bond acceptors (Lipinski definition) is 4. The van der Waals surface area contributed by atoms with E-state index in [1.54, 1.807) is 12.1 Å². The Morgan fingerprint density at radius 1 is 0.720 bits per heavy atom. The van der Waals surface area contributed by atoms with E-state index in [0.717, 1.165) is 11.4 Å². The highest BCUT2D eigenvalue weighted by molar-refractivity contribution is 5.95. The molecule has 7 heteroatoms. The van der Waals surface area contributed by atoms with Gasteiger partial charge in [-0.15, -0.1) is 0 Å². The maximum absolute atomic E-state index is 11.8. The molecule has 0 bridgehead atoms. The Hall–Kier alpha value is -3.35. The standard InChI is InChI=1S/C18H20N4O3/c1-13(23)19-11-17(24)20-12-18(25)22-16-9-7-15(8-10-16)21-14-5-3-2-4-6-14/h2-10,21H,11-12H2,1H3,(H,19,23)(H,20,24)(H,22,25). The average Bonchev–Trinajstić information content (AvgIpc) is 2.61. The molecule has 0 atom stereocenters. The Balaban J connectivity index is 1.77. The third kappa shape index (κ3) is 6.74. The van der Waals surface area contributed by atoms with Crippen molar-refractivity contribution >= 4 is 34.8 Å². The SMILES string of the molecule is CC(=O)NCC(=O)NCC(=O)Nc1ccc(Nc2ccccc2)cc1. The van der Waals surface area contributed by atoms with E-state index in [1.807, 2.05) is 42.5 Å². The highest BCUT2D eigenvalue weighted by Gasteiger charge is 2.06. The summed E-state index contributed by atoms with van der Waals surface area (Å²) in [5, 5.41) is 10.7. The van der Waals surface area contributed by atoms with E-state index in [1.165, 1.54) is 6.92 Å². The van der Waals surface area contributed by atoms with Crippen LogP contribution in [0.3, 0.4) is 0 Å². The van der Waals surface area contributed by atoms with E-state index in [2.05, 4.69) is 21.3 Å². The van der Waals surface area contributed by atoms with Crippen LogP contribution in [0, 0.1) is 0 Å². The van der Waals surface area contributed by atoms with Gasteiger partial charge >= 0.3 is 0 Å². The molecule has 0 aliphatic heterocycles. The van der Waals surface area contributed by atoms with Gasteiger partial charge in [-0.05, 0) is 36.4 Å². The van der Waals surface area contributed by atoms with Crippen LogP contribution in [0.25, 0.3) is 0 Å². The minimum atomic E-state index is -0.423. The molecule has 2 rings (SSSR count). The molecule has 0 saturated heterocycles. The van der Waals surface area contributed by atoms with Crippen LogP contribution < -0.4 is 21.3 Å². The van der Waals surface area contributed by atoms with E-state index >= 15 is 0 Å². The summed E-state index contributed by atoms with van der Waals surface area (Å²) < 4.78 is 0. The molecule has 0 saturated carbocycles. The lowest BCUT2D eigenvalue weighted by molar-refractivity contribution is -0.126. The van der Waals surface area contributed by atoms with Gasteiger partial charge in [-0.3, -0.25) is 14.4 Å². The lowest BCUT2D eigenvalue weighted by atomic mass is 10.2. The zero-order valence-corrected chi connectivity index (χ0v) is 13.8. The van der Waals surface area contributed by atoms with Gasteiger partial charge in [0.05, 0.1) is 13.1 Å². The van der Waals surface area contributed by atoms with Crippen molar-refractivity contribution < 1.29 is 14.4 Å². The number of para-hydroxylation sites is 1. The number of rotatable bonds is 7. The first-order chi connectivity index (χ1) is 12.0. The molecule has 0 radical (unpaired) electrons. The van der Waals surface area contributed by atoms with Crippen molar-refractivity contribution in [2.45, 2.75) is 6.92 Å². The molecule has 25 heavy (non-hydrogen) atoms. The molecule has 2 aromatic rings. The molecule has 0 heterocycles. The van der Waals surface area contributed by atoms with Crippen molar-refractivity contribution in [3.8, 4) is 0 Å². The average molecular weight is 340 g/mol. The maximum atomic E-state index is 11.8. The Kier molecular flexibility index (Phi) is 6.53. The van der Waals surface area contributed by atoms with Crippen LogP contribution >= 0.6 is 0 Å². The molecule has 3 amide bonds. The fourth-order valence-corrected chi connectivity index (χ4v) is 1.98. The molecule has 0 aromatic heterocycles. The van der Waals surface area contributed by atoms with Crippen LogP contribution in [-0.2, 0) is 14.4 Å². The monoisotopic (exact) mass is 340 g/mol. The zero-order chi connectivity index (χ0) is 18.1. The predicted octanol–water partition coefficient (Wildman–Crippen LogP) is 1.62. The molecule has 7 nitrogen and oxygen atoms in total. The lowest BCUT2D eigenvalue weighted by Gasteiger charge is -2.09. The minimum Gasteiger partial charge on any atom is -0.356 e. The normalized spacial score (nSPS) is 9.80. The summed E-state index contributed by atoms with van der Waals surface area (Å²) in [6, 6.07) is 17.0. The second-order valence-electron chi connectivity index (χ2n) is 5.30. The van der Waals surface area contributed by atoms with E-state index < -0.39 is 5.91 Å². The molecule has 0 fully saturated rings. The molecule has 4 N–H and O–H groups in total. The van der Waals surface area contributed by atoms with Gasteiger partial charge in [0, 0.05) is 24.0 Å². The van der Waals surface area contributed by atoms with Crippen LogP contribution in [0.4, 0.5) is 17.1 Å². The molecule has 0 unspecified atom stereocenters. The number of nitrogens with one attached hydrogen (secondary N) is 4.